The number of halogens is 1. The molecule has 3 aromatic carbocycles. The molecule has 0 fully saturated rings. The van der Waals surface area contributed by atoms with Gasteiger partial charge in [0, 0.05) is 40.7 Å². The SMILES string of the molecule is CCc1ccc(CC2N=C(c3ccc(NC(=O)Cc4cncnc4)cc3)c3ccc(Cl)cc3NC2=O)cc1CC. The summed E-state index contributed by atoms with van der Waals surface area (Å²) in [5.74, 6) is -0.338. The van der Waals surface area contributed by atoms with Gasteiger partial charge in [-0.25, -0.2) is 9.97 Å². The minimum Gasteiger partial charge on any atom is -0.326 e. The van der Waals surface area contributed by atoms with Crippen LogP contribution in [0.15, 0.2) is 84.4 Å². The molecule has 0 saturated heterocycles. The highest BCUT2D eigenvalue weighted by molar-refractivity contribution is 6.31. The van der Waals surface area contributed by atoms with Gasteiger partial charge >= 0.3 is 0 Å². The number of amides is 2. The predicted octanol–water partition coefficient (Wildman–Crippen LogP) is 5.84. The number of hydrogen-bond donors (Lipinski definition) is 2. The molecule has 1 aromatic heterocycles. The molecule has 2 N–H and O–H groups in total. The molecule has 2 amide bonds. The molecule has 0 saturated carbocycles. The van der Waals surface area contributed by atoms with Crippen molar-refractivity contribution in [1.82, 2.24) is 9.97 Å². The monoisotopic (exact) mass is 551 g/mol. The summed E-state index contributed by atoms with van der Waals surface area (Å²) < 4.78 is 0. The number of nitrogens with one attached hydrogen (secondary N) is 2. The van der Waals surface area contributed by atoms with Crippen LogP contribution in [0.4, 0.5) is 11.4 Å². The van der Waals surface area contributed by atoms with Crippen molar-refractivity contribution in [1.29, 1.82) is 0 Å². The van der Waals surface area contributed by atoms with Crippen LogP contribution in [-0.4, -0.2) is 33.5 Å². The molecule has 0 spiro atoms. The first-order valence-electron chi connectivity index (χ1n) is 13.4. The maximum absolute atomic E-state index is 13.4. The van der Waals surface area contributed by atoms with Gasteiger partial charge in [0.2, 0.25) is 11.8 Å². The van der Waals surface area contributed by atoms with Crippen LogP contribution in [-0.2, 0) is 35.3 Å². The minimum atomic E-state index is -0.620. The minimum absolute atomic E-state index is 0.162. The summed E-state index contributed by atoms with van der Waals surface area (Å²) in [4.78, 5) is 38.8. The highest BCUT2D eigenvalue weighted by atomic mass is 35.5. The van der Waals surface area contributed by atoms with Crippen LogP contribution in [0.25, 0.3) is 0 Å². The number of aliphatic imine (C=N–C) groups is 1. The lowest BCUT2D eigenvalue weighted by Gasteiger charge is -2.14. The number of hydrogen-bond acceptors (Lipinski definition) is 5. The third-order valence-electron chi connectivity index (χ3n) is 6.96. The van der Waals surface area contributed by atoms with E-state index in [1.54, 1.807) is 24.5 Å². The van der Waals surface area contributed by atoms with Crippen LogP contribution in [0, 0.1) is 0 Å². The molecule has 5 rings (SSSR count). The van der Waals surface area contributed by atoms with Gasteiger partial charge in [-0.1, -0.05) is 55.8 Å². The molecular weight excluding hydrogens is 522 g/mol. The van der Waals surface area contributed by atoms with Crippen LogP contribution in [0.5, 0.6) is 0 Å². The summed E-state index contributed by atoms with van der Waals surface area (Å²) in [7, 11) is 0. The van der Waals surface area contributed by atoms with Gasteiger partial charge in [0.25, 0.3) is 0 Å². The summed E-state index contributed by atoms with van der Waals surface area (Å²) in [6, 6.07) is 18.7. The highest BCUT2D eigenvalue weighted by Gasteiger charge is 2.26. The van der Waals surface area contributed by atoms with Crippen molar-refractivity contribution in [3.05, 3.63) is 118 Å². The van der Waals surface area contributed by atoms with Gasteiger partial charge in [0.05, 0.1) is 17.8 Å². The van der Waals surface area contributed by atoms with Crippen molar-refractivity contribution in [2.45, 2.75) is 45.6 Å². The van der Waals surface area contributed by atoms with Gasteiger partial charge in [-0.2, -0.15) is 0 Å². The number of benzodiazepines with no additional fused rings is 1. The Labute approximate surface area is 238 Å². The molecule has 1 aliphatic rings. The average Bonchev–Trinajstić information content (AvgIpc) is 3.09. The molecule has 0 aliphatic carbocycles. The Morgan fingerprint density at radius 1 is 0.925 bits per heavy atom. The van der Waals surface area contributed by atoms with Gasteiger partial charge in [-0.3, -0.25) is 14.6 Å². The number of benzene rings is 3. The number of nitrogens with zero attached hydrogens (tertiary/aromatic N) is 3. The third kappa shape index (κ3) is 6.26. The molecule has 40 heavy (non-hydrogen) atoms. The maximum Gasteiger partial charge on any atom is 0.249 e. The van der Waals surface area contributed by atoms with Crippen molar-refractivity contribution in [3.8, 4) is 0 Å². The fourth-order valence-electron chi connectivity index (χ4n) is 4.92. The van der Waals surface area contributed by atoms with E-state index in [2.05, 4.69) is 52.6 Å². The molecular formula is C32H30ClN5O2. The van der Waals surface area contributed by atoms with Crippen LogP contribution in [0.3, 0.4) is 0 Å². The zero-order chi connectivity index (χ0) is 28.1. The van der Waals surface area contributed by atoms with E-state index in [0.29, 0.717) is 28.5 Å². The second-order valence-corrected chi connectivity index (χ2v) is 10.2. The first kappa shape index (κ1) is 27.2. The third-order valence-corrected chi connectivity index (χ3v) is 7.20. The normalized spacial score (nSPS) is 14.5. The fraction of sp³-hybridized carbons (Fsp3) is 0.219. The molecule has 1 atom stereocenters. The zero-order valence-electron chi connectivity index (χ0n) is 22.4. The van der Waals surface area contributed by atoms with Crippen molar-refractivity contribution in [3.63, 3.8) is 0 Å². The Morgan fingerprint density at radius 2 is 1.68 bits per heavy atom. The number of fused-ring (bicyclic) bond motifs is 1. The summed E-state index contributed by atoms with van der Waals surface area (Å²) in [6.45, 7) is 4.30. The number of anilines is 2. The second kappa shape index (κ2) is 12.2. The summed E-state index contributed by atoms with van der Waals surface area (Å²) in [6.07, 6.45) is 7.24. The first-order valence-corrected chi connectivity index (χ1v) is 13.7. The largest absolute Gasteiger partial charge is 0.326 e. The quantitative estimate of drug-likeness (QED) is 0.288. The Bertz CT molecular complexity index is 1570. The second-order valence-electron chi connectivity index (χ2n) is 9.74. The summed E-state index contributed by atoms with van der Waals surface area (Å²) in [5.41, 5.74) is 8.02. The molecule has 202 valence electrons. The van der Waals surface area contributed by atoms with E-state index in [-0.39, 0.29) is 18.2 Å². The molecule has 4 aromatic rings. The Hall–Kier alpha value is -4.36. The van der Waals surface area contributed by atoms with Crippen LogP contribution in [0.2, 0.25) is 5.02 Å². The van der Waals surface area contributed by atoms with Gasteiger partial charge < -0.3 is 10.6 Å². The van der Waals surface area contributed by atoms with Crippen LogP contribution in [0.1, 0.15) is 47.2 Å². The molecule has 0 bridgehead atoms. The standard InChI is InChI=1S/C32H30ClN5O2/c1-3-22-6-5-20(13-23(22)4-2)14-29-32(40)38-28-16-25(33)9-12-27(28)31(37-29)24-7-10-26(11-8-24)36-30(39)15-21-17-34-19-35-18-21/h5-13,16-19,29H,3-4,14-15H2,1-2H3,(H,36,39)(H,38,40). The van der Waals surface area contributed by atoms with Crippen LogP contribution >= 0.6 is 11.6 Å². The molecule has 1 unspecified atom stereocenters. The van der Waals surface area contributed by atoms with Gasteiger partial charge in [0.15, 0.2) is 0 Å². The molecule has 0 radical (unpaired) electrons. The van der Waals surface area contributed by atoms with E-state index in [1.807, 2.05) is 30.3 Å². The molecule has 2 heterocycles. The number of rotatable bonds is 8. The van der Waals surface area contributed by atoms with E-state index >= 15 is 0 Å². The lowest BCUT2D eigenvalue weighted by molar-refractivity contribution is -0.117. The number of carbonyl (C=O) groups excluding carboxylic acids is 2. The van der Waals surface area contributed by atoms with Gasteiger partial charge in [-0.05, 0) is 65.4 Å². The first-order chi connectivity index (χ1) is 19.4. The van der Waals surface area contributed by atoms with E-state index in [4.69, 9.17) is 16.6 Å². The van der Waals surface area contributed by atoms with Crippen molar-refractivity contribution in [2.75, 3.05) is 10.6 Å². The summed E-state index contributed by atoms with van der Waals surface area (Å²) >= 11 is 6.29. The number of aryl methyl sites for hydroxylation is 2. The topological polar surface area (TPSA) is 96.3 Å². The lowest BCUT2D eigenvalue weighted by Crippen LogP contribution is -2.27. The number of aromatic nitrogens is 2. The Kier molecular flexibility index (Phi) is 8.31. The lowest BCUT2D eigenvalue weighted by atomic mass is 9.96. The molecule has 8 heteroatoms. The Balaban J connectivity index is 1.44. The smallest absolute Gasteiger partial charge is 0.249 e. The number of carbonyl (C=O) groups is 2. The average molecular weight is 552 g/mol. The zero-order valence-corrected chi connectivity index (χ0v) is 23.2. The van der Waals surface area contributed by atoms with E-state index in [9.17, 15) is 9.59 Å². The predicted molar refractivity (Wildman–Crippen MR) is 159 cm³/mol. The Morgan fingerprint density at radius 3 is 2.40 bits per heavy atom. The van der Waals surface area contributed by atoms with Crippen molar-refractivity contribution < 1.29 is 9.59 Å². The van der Waals surface area contributed by atoms with E-state index in [1.165, 1.54) is 17.5 Å². The fourth-order valence-corrected chi connectivity index (χ4v) is 5.09. The van der Waals surface area contributed by atoms with Crippen molar-refractivity contribution >= 4 is 40.5 Å². The van der Waals surface area contributed by atoms with E-state index < -0.39 is 6.04 Å². The van der Waals surface area contributed by atoms with Crippen LogP contribution < -0.4 is 10.6 Å². The highest BCUT2D eigenvalue weighted by Crippen LogP contribution is 2.29. The van der Waals surface area contributed by atoms with E-state index in [0.717, 1.165) is 35.1 Å². The summed E-state index contributed by atoms with van der Waals surface area (Å²) in [5, 5.41) is 6.48. The maximum atomic E-state index is 13.4. The molecule has 1 aliphatic heterocycles. The van der Waals surface area contributed by atoms with Crippen molar-refractivity contribution in [2.24, 2.45) is 4.99 Å². The molecule has 7 nitrogen and oxygen atoms in total. The van der Waals surface area contributed by atoms with Gasteiger partial charge in [0.1, 0.15) is 12.4 Å². The van der Waals surface area contributed by atoms with Gasteiger partial charge in [-0.15, -0.1) is 0 Å².